The van der Waals surface area contributed by atoms with Crippen molar-refractivity contribution in [1.29, 1.82) is 0 Å². The number of carbonyl (C=O) groups excluding carboxylic acids is 1. The Morgan fingerprint density at radius 2 is 2.00 bits per heavy atom. The molecule has 1 heterocycles. The summed E-state index contributed by atoms with van der Waals surface area (Å²) in [6.07, 6.45) is 0.772. The van der Waals surface area contributed by atoms with Gasteiger partial charge in [-0.15, -0.1) is 0 Å². The summed E-state index contributed by atoms with van der Waals surface area (Å²) in [5.41, 5.74) is -0.444. The zero-order valence-electron chi connectivity index (χ0n) is 13.1. The van der Waals surface area contributed by atoms with Crippen LogP contribution in [0.2, 0.25) is 0 Å². The van der Waals surface area contributed by atoms with E-state index < -0.39 is 5.60 Å². The number of carbonyl (C=O) groups is 1. The zero-order chi connectivity index (χ0) is 14.6. The lowest BCUT2D eigenvalue weighted by Gasteiger charge is -2.26. The lowest BCUT2D eigenvalue weighted by molar-refractivity contribution is 0.0165. The number of hydrogen-bond donors (Lipinski definition) is 0. The largest absolute Gasteiger partial charge is 0.444 e. The predicted octanol–water partition coefficient (Wildman–Crippen LogP) is 1.96. The molecule has 0 radical (unpaired) electrons. The molecule has 1 saturated heterocycles. The topological polar surface area (TPSA) is 42.0 Å². The molecular formula is C14H28N2O3. The number of nitrogens with zero attached hydrogens (tertiary/aromatic N) is 2. The molecule has 0 N–H and O–H groups in total. The van der Waals surface area contributed by atoms with Crippen molar-refractivity contribution >= 4 is 6.09 Å². The molecule has 1 fully saturated rings. The minimum atomic E-state index is -0.444. The first-order chi connectivity index (χ1) is 8.69. The van der Waals surface area contributed by atoms with Crippen molar-refractivity contribution in [3.05, 3.63) is 0 Å². The van der Waals surface area contributed by atoms with Gasteiger partial charge in [0.05, 0.1) is 19.3 Å². The monoisotopic (exact) mass is 272 g/mol. The van der Waals surface area contributed by atoms with Gasteiger partial charge in [-0.2, -0.15) is 0 Å². The highest BCUT2D eigenvalue weighted by molar-refractivity contribution is 5.69. The Morgan fingerprint density at radius 3 is 2.53 bits per heavy atom. The molecule has 0 spiro atoms. The highest BCUT2D eigenvalue weighted by atomic mass is 16.6. The summed E-state index contributed by atoms with van der Waals surface area (Å²) >= 11 is 0. The highest BCUT2D eigenvalue weighted by Gasteiger charge is 2.35. The van der Waals surface area contributed by atoms with Crippen molar-refractivity contribution in [2.24, 2.45) is 0 Å². The van der Waals surface area contributed by atoms with E-state index in [0.29, 0.717) is 13.2 Å². The number of likely N-dealkylation sites (tertiary alicyclic amines) is 1. The fourth-order valence-electron chi connectivity index (χ4n) is 2.08. The van der Waals surface area contributed by atoms with Crippen molar-refractivity contribution in [1.82, 2.24) is 9.80 Å². The first kappa shape index (κ1) is 16.2. The zero-order valence-corrected chi connectivity index (χ0v) is 13.1. The normalized spacial score (nSPS) is 24.1. The fraction of sp³-hybridized carbons (Fsp3) is 0.929. The van der Waals surface area contributed by atoms with Crippen LogP contribution < -0.4 is 0 Å². The second kappa shape index (κ2) is 6.57. The molecule has 19 heavy (non-hydrogen) atoms. The van der Waals surface area contributed by atoms with Gasteiger partial charge in [0, 0.05) is 12.6 Å². The third-order valence-corrected chi connectivity index (χ3v) is 3.06. The van der Waals surface area contributed by atoms with Crippen LogP contribution in [0.15, 0.2) is 0 Å². The van der Waals surface area contributed by atoms with Crippen molar-refractivity contribution in [2.75, 3.05) is 33.8 Å². The first-order valence-corrected chi connectivity index (χ1v) is 6.95. The predicted molar refractivity (Wildman–Crippen MR) is 75.3 cm³/mol. The summed E-state index contributed by atoms with van der Waals surface area (Å²) in [6.45, 7) is 9.93. The molecule has 0 aromatic heterocycles. The summed E-state index contributed by atoms with van der Waals surface area (Å²) < 4.78 is 11.2. The standard InChI is InChI=1S/C14H28N2O3/c1-11-9-12(18-8-7-15(5)6)10-16(11)13(17)19-14(2,3)4/h11-12H,7-10H2,1-6H3/t11-,12?/m1/s1. The number of hydrogen-bond acceptors (Lipinski definition) is 4. The summed E-state index contributed by atoms with van der Waals surface area (Å²) in [4.78, 5) is 15.9. The van der Waals surface area contributed by atoms with Crippen LogP contribution in [-0.2, 0) is 9.47 Å². The third kappa shape index (κ3) is 5.78. The van der Waals surface area contributed by atoms with Crippen molar-refractivity contribution in [3.63, 3.8) is 0 Å². The average molecular weight is 272 g/mol. The van der Waals surface area contributed by atoms with Gasteiger partial charge in [-0.05, 0) is 48.2 Å². The Morgan fingerprint density at radius 1 is 1.37 bits per heavy atom. The van der Waals surface area contributed by atoms with E-state index in [1.54, 1.807) is 4.90 Å². The van der Waals surface area contributed by atoms with E-state index in [-0.39, 0.29) is 18.2 Å². The summed E-state index contributed by atoms with van der Waals surface area (Å²) in [5.74, 6) is 0. The van der Waals surface area contributed by atoms with Crippen LogP contribution in [0.3, 0.4) is 0 Å². The lowest BCUT2D eigenvalue weighted by Crippen LogP contribution is -2.39. The molecule has 5 heteroatoms. The van der Waals surface area contributed by atoms with Crippen molar-refractivity contribution in [3.8, 4) is 0 Å². The van der Waals surface area contributed by atoms with E-state index in [0.717, 1.165) is 13.0 Å². The molecule has 1 rings (SSSR count). The van der Waals surface area contributed by atoms with Gasteiger partial charge < -0.3 is 19.3 Å². The molecule has 0 bridgehead atoms. The Kier molecular flexibility index (Phi) is 5.62. The third-order valence-electron chi connectivity index (χ3n) is 3.06. The maximum Gasteiger partial charge on any atom is 0.410 e. The molecule has 0 aromatic rings. The average Bonchev–Trinajstić information content (AvgIpc) is 2.56. The van der Waals surface area contributed by atoms with Gasteiger partial charge in [0.15, 0.2) is 0 Å². The Balaban J connectivity index is 2.40. The van der Waals surface area contributed by atoms with Gasteiger partial charge in [-0.25, -0.2) is 4.79 Å². The quantitative estimate of drug-likeness (QED) is 0.784. The second-order valence-corrected chi connectivity index (χ2v) is 6.51. The summed E-state index contributed by atoms with van der Waals surface area (Å²) in [6, 6.07) is 0.180. The van der Waals surface area contributed by atoms with Gasteiger partial charge in [-0.3, -0.25) is 0 Å². The molecule has 112 valence electrons. The molecule has 1 aliphatic rings. The van der Waals surface area contributed by atoms with E-state index in [2.05, 4.69) is 4.90 Å². The summed E-state index contributed by atoms with van der Waals surface area (Å²) in [5, 5.41) is 0. The molecule has 1 unspecified atom stereocenters. The van der Waals surface area contributed by atoms with Crippen molar-refractivity contribution in [2.45, 2.75) is 51.9 Å². The van der Waals surface area contributed by atoms with Crippen LogP contribution in [0.25, 0.3) is 0 Å². The molecule has 5 nitrogen and oxygen atoms in total. The maximum atomic E-state index is 12.0. The molecule has 2 atom stereocenters. The number of likely N-dealkylation sites (N-methyl/N-ethyl adjacent to an activating group) is 1. The molecule has 1 aliphatic heterocycles. The minimum Gasteiger partial charge on any atom is -0.444 e. The Labute approximate surface area is 116 Å². The molecular weight excluding hydrogens is 244 g/mol. The van der Waals surface area contributed by atoms with Crippen LogP contribution in [0.5, 0.6) is 0 Å². The number of ether oxygens (including phenoxy) is 2. The summed E-state index contributed by atoms with van der Waals surface area (Å²) in [7, 11) is 4.04. The van der Waals surface area contributed by atoms with Crippen LogP contribution in [0, 0.1) is 0 Å². The molecule has 0 aromatic carbocycles. The Hall–Kier alpha value is -0.810. The lowest BCUT2D eigenvalue weighted by atomic mass is 10.2. The van der Waals surface area contributed by atoms with Gasteiger partial charge in [0.1, 0.15) is 5.60 Å². The second-order valence-electron chi connectivity index (χ2n) is 6.51. The molecule has 0 saturated carbocycles. The number of rotatable bonds is 4. The van der Waals surface area contributed by atoms with Crippen molar-refractivity contribution < 1.29 is 14.3 Å². The highest BCUT2D eigenvalue weighted by Crippen LogP contribution is 2.22. The smallest absolute Gasteiger partial charge is 0.410 e. The van der Waals surface area contributed by atoms with E-state index in [9.17, 15) is 4.79 Å². The SMILES string of the molecule is C[C@@H]1CC(OCCN(C)C)CN1C(=O)OC(C)(C)C. The van der Waals surface area contributed by atoms with Gasteiger partial charge in [0.25, 0.3) is 0 Å². The maximum absolute atomic E-state index is 12.0. The Bertz CT molecular complexity index is 300. The number of amides is 1. The molecule has 1 amide bonds. The van der Waals surface area contributed by atoms with Gasteiger partial charge >= 0.3 is 6.09 Å². The van der Waals surface area contributed by atoms with Gasteiger partial charge in [0.2, 0.25) is 0 Å². The fourth-order valence-corrected chi connectivity index (χ4v) is 2.08. The minimum absolute atomic E-state index is 0.127. The van der Waals surface area contributed by atoms with Gasteiger partial charge in [-0.1, -0.05) is 0 Å². The van der Waals surface area contributed by atoms with Crippen LogP contribution in [-0.4, -0.2) is 67.4 Å². The first-order valence-electron chi connectivity index (χ1n) is 6.95. The molecule has 0 aliphatic carbocycles. The van der Waals surface area contributed by atoms with Crippen LogP contribution >= 0.6 is 0 Å². The van der Waals surface area contributed by atoms with Crippen LogP contribution in [0.1, 0.15) is 34.1 Å². The van der Waals surface area contributed by atoms with E-state index in [1.165, 1.54) is 0 Å². The van der Waals surface area contributed by atoms with Crippen LogP contribution in [0.4, 0.5) is 4.79 Å². The van der Waals surface area contributed by atoms with E-state index >= 15 is 0 Å². The van der Waals surface area contributed by atoms with E-state index in [4.69, 9.17) is 9.47 Å². The van der Waals surface area contributed by atoms with E-state index in [1.807, 2.05) is 41.8 Å².